The van der Waals surface area contributed by atoms with Gasteiger partial charge in [0.15, 0.2) is 0 Å². The summed E-state index contributed by atoms with van der Waals surface area (Å²) in [5.41, 5.74) is 0. The summed E-state index contributed by atoms with van der Waals surface area (Å²) in [7, 11) is 0. The highest BCUT2D eigenvalue weighted by Gasteiger charge is 2.52. The van der Waals surface area contributed by atoms with Crippen LogP contribution in [0.1, 0.15) is 39.5 Å². The van der Waals surface area contributed by atoms with Gasteiger partial charge in [0, 0.05) is 13.1 Å². The van der Waals surface area contributed by atoms with Gasteiger partial charge in [0.05, 0.1) is 13.2 Å². The molecule has 0 spiro atoms. The Labute approximate surface area is 172 Å². The highest BCUT2D eigenvalue weighted by Crippen LogP contribution is 2.31. The predicted octanol–water partition coefficient (Wildman–Crippen LogP) is 0.110. The van der Waals surface area contributed by atoms with Crippen molar-refractivity contribution >= 4 is 11.9 Å². The third-order valence-electron chi connectivity index (χ3n) is 4.78. The molecule has 4 atom stereocenters. The van der Waals surface area contributed by atoms with Crippen LogP contribution >= 0.6 is 0 Å². The summed E-state index contributed by atoms with van der Waals surface area (Å²) in [5, 5.41) is 22.6. The molecule has 0 bridgehead atoms. The standard InChI is InChI=1S/C16H26N4O10/c1-3-9-27-15(21)13-11(29-19(23)24)5-7-17(13)18-8-6-12(30-20(25)26)14(18)16(22)28-10-4-2/h11-14H,3-10H2,1-2H3. The number of carbonyl (C=O) groups is 2. The second-order valence-electron chi connectivity index (χ2n) is 6.86. The molecule has 0 radical (unpaired) electrons. The minimum Gasteiger partial charge on any atom is -0.464 e. The van der Waals surface area contributed by atoms with Gasteiger partial charge in [-0.05, 0) is 25.7 Å². The van der Waals surface area contributed by atoms with Gasteiger partial charge in [-0.15, -0.1) is 20.2 Å². The molecule has 0 aliphatic carbocycles. The maximum atomic E-state index is 12.6. The van der Waals surface area contributed by atoms with E-state index >= 15 is 0 Å². The lowest BCUT2D eigenvalue weighted by molar-refractivity contribution is -0.769. The first-order chi connectivity index (χ1) is 14.3. The van der Waals surface area contributed by atoms with E-state index in [9.17, 15) is 29.8 Å². The molecule has 0 aromatic rings. The molecule has 2 aliphatic rings. The zero-order valence-corrected chi connectivity index (χ0v) is 16.8. The topological polar surface area (TPSA) is 164 Å². The van der Waals surface area contributed by atoms with E-state index in [-0.39, 0.29) is 39.1 Å². The van der Waals surface area contributed by atoms with Gasteiger partial charge in [-0.1, -0.05) is 13.8 Å². The molecular formula is C16H26N4O10. The van der Waals surface area contributed by atoms with Crippen molar-refractivity contribution in [3.63, 3.8) is 0 Å². The van der Waals surface area contributed by atoms with Crippen molar-refractivity contribution in [3.8, 4) is 0 Å². The van der Waals surface area contributed by atoms with Crippen molar-refractivity contribution in [1.82, 2.24) is 10.0 Å². The second kappa shape index (κ2) is 10.9. The fourth-order valence-electron chi connectivity index (χ4n) is 3.64. The molecule has 14 nitrogen and oxygen atoms in total. The average Bonchev–Trinajstić information content (AvgIpc) is 3.27. The number of ether oxygens (including phenoxy) is 2. The average molecular weight is 434 g/mol. The minimum atomic E-state index is -1.18. The fourth-order valence-corrected chi connectivity index (χ4v) is 3.64. The zero-order chi connectivity index (χ0) is 22.3. The first-order valence-corrected chi connectivity index (χ1v) is 9.78. The van der Waals surface area contributed by atoms with Crippen molar-refractivity contribution in [1.29, 1.82) is 0 Å². The zero-order valence-electron chi connectivity index (χ0n) is 16.8. The summed E-state index contributed by atoms with van der Waals surface area (Å²) < 4.78 is 10.3. The van der Waals surface area contributed by atoms with Crippen LogP contribution < -0.4 is 0 Å². The molecule has 0 aromatic heterocycles. The number of hydrazine groups is 1. The Hall–Kier alpha value is -2.74. The molecule has 2 fully saturated rings. The summed E-state index contributed by atoms with van der Waals surface area (Å²) in [4.78, 5) is 56.3. The van der Waals surface area contributed by atoms with Gasteiger partial charge in [0.1, 0.15) is 24.3 Å². The monoisotopic (exact) mass is 434 g/mol. The quantitative estimate of drug-likeness (QED) is 0.245. The van der Waals surface area contributed by atoms with Crippen LogP contribution in [0, 0.1) is 20.2 Å². The van der Waals surface area contributed by atoms with Gasteiger partial charge in [-0.2, -0.15) is 0 Å². The first-order valence-electron chi connectivity index (χ1n) is 9.78. The van der Waals surface area contributed by atoms with Gasteiger partial charge >= 0.3 is 11.9 Å². The van der Waals surface area contributed by atoms with Crippen LogP contribution in [0.3, 0.4) is 0 Å². The Balaban J connectivity index is 2.28. The molecular weight excluding hydrogens is 408 g/mol. The first kappa shape index (κ1) is 23.5. The van der Waals surface area contributed by atoms with E-state index in [2.05, 4.69) is 9.68 Å². The normalized spacial score (nSPS) is 26.9. The maximum absolute atomic E-state index is 12.6. The minimum absolute atomic E-state index is 0.114. The van der Waals surface area contributed by atoms with Crippen molar-refractivity contribution in [2.24, 2.45) is 0 Å². The van der Waals surface area contributed by atoms with E-state index in [1.807, 2.05) is 0 Å². The number of rotatable bonds is 11. The van der Waals surface area contributed by atoms with E-state index in [1.165, 1.54) is 10.0 Å². The van der Waals surface area contributed by atoms with Crippen LogP contribution in [0.15, 0.2) is 0 Å². The Kier molecular flexibility index (Phi) is 8.53. The molecule has 2 saturated heterocycles. The number of carbonyl (C=O) groups excluding carboxylic acids is 2. The van der Waals surface area contributed by atoms with Crippen molar-refractivity contribution in [2.75, 3.05) is 26.3 Å². The highest BCUT2D eigenvalue weighted by atomic mass is 17.0. The largest absolute Gasteiger partial charge is 0.464 e. The number of hydrogen-bond donors (Lipinski definition) is 0. The summed E-state index contributed by atoms with van der Waals surface area (Å²) in [6, 6.07) is -2.37. The van der Waals surface area contributed by atoms with Gasteiger partial charge in [0.2, 0.25) is 0 Å². The summed E-state index contributed by atoms with van der Waals surface area (Å²) in [6.45, 7) is 4.11. The SMILES string of the molecule is CCCOC(=O)C1C(O[N+](=O)[O-])CCN1N1CCC(O[N+](=O)[O-])C1C(=O)OCCC. The lowest BCUT2D eigenvalue weighted by Gasteiger charge is -2.36. The van der Waals surface area contributed by atoms with E-state index in [1.54, 1.807) is 13.8 Å². The van der Waals surface area contributed by atoms with Crippen LogP contribution in [0.2, 0.25) is 0 Å². The summed E-state index contributed by atoms with van der Waals surface area (Å²) in [6.07, 6.45) is -0.859. The lowest BCUT2D eigenvalue weighted by Crippen LogP contribution is -2.57. The molecule has 170 valence electrons. The third-order valence-corrected chi connectivity index (χ3v) is 4.78. The molecule has 0 saturated carbocycles. The van der Waals surface area contributed by atoms with Crippen molar-refractivity contribution in [2.45, 2.75) is 63.8 Å². The van der Waals surface area contributed by atoms with E-state index < -0.39 is 46.4 Å². The number of esters is 2. The molecule has 2 heterocycles. The van der Waals surface area contributed by atoms with E-state index in [4.69, 9.17) is 9.47 Å². The van der Waals surface area contributed by atoms with Crippen LogP contribution in [0.25, 0.3) is 0 Å². The van der Waals surface area contributed by atoms with Crippen LogP contribution in [0.5, 0.6) is 0 Å². The van der Waals surface area contributed by atoms with Crippen LogP contribution in [0.4, 0.5) is 0 Å². The van der Waals surface area contributed by atoms with E-state index in [0.29, 0.717) is 12.8 Å². The molecule has 14 heteroatoms. The van der Waals surface area contributed by atoms with Gasteiger partial charge < -0.3 is 19.1 Å². The maximum Gasteiger partial charge on any atom is 0.327 e. The molecule has 2 rings (SSSR count). The molecule has 4 unspecified atom stereocenters. The Morgan fingerprint density at radius 3 is 1.50 bits per heavy atom. The lowest BCUT2D eigenvalue weighted by atomic mass is 10.1. The number of nitrogens with zero attached hydrogens (tertiary/aromatic N) is 4. The summed E-state index contributed by atoms with van der Waals surface area (Å²) in [5.74, 6) is -1.47. The highest BCUT2D eigenvalue weighted by molar-refractivity contribution is 5.78. The Bertz CT molecular complexity index is 594. The third kappa shape index (κ3) is 5.66. The molecule has 0 amide bonds. The number of hydrogen-bond acceptors (Lipinski definition) is 12. The van der Waals surface area contributed by atoms with Crippen molar-refractivity contribution in [3.05, 3.63) is 20.2 Å². The van der Waals surface area contributed by atoms with Gasteiger partial charge in [0.25, 0.3) is 10.2 Å². The molecule has 0 N–H and O–H groups in total. The Morgan fingerprint density at radius 1 is 0.833 bits per heavy atom. The molecule has 2 aliphatic heterocycles. The fraction of sp³-hybridized carbons (Fsp3) is 0.875. The van der Waals surface area contributed by atoms with Gasteiger partial charge in [-0.25, -0.2) is 10.0 Å². The van der Waals surface area contributed by atoms with Crippen LogP contribution in [-0.2, 0) is 28.7 Å². The van der Waals surface area contributed by atoms with E-state index in [0.717, 1.165) is 0 Å². The molecule has 30 heavy (non-hydrogen) atoms. The van der Waals surface area contributed by atoms with Crippen LogP contribution in [-0.4, -0.2) is 82.7 Å². The predicted molar refractivity (Wildman–Crippen MR) is 96.5 cm³/mol. The van der Waals surface area contributed by atoms with Gasteiger partial charge in [-0.3, -0.25) is 9.59 Å². The molecule has 0 aromatic carbocycles. The Morgan fingerprint density at radius 2 is 1.20 bits per heavy atom. The van der Waals surface area contributed by atoms with Crippen molar-refractivity contribution < 1.29 is 38.9 Å². The summed E-state index contributed by atoms with van der Waals surface area (Å²) >= 11 is 0. The smallest absolute Gasteiger partial charge is 0.327 e. The second-order valence-corrected chi connectivity index (χ2v) is 6.86.